The van der Waals surface area contributed by atoms with E-state index in [1.807, 2.05) is 0 Å². The van der Waals surface area contributed by atoms with Gasteiger partial charge in [-0.3, -0.25) is 4.79 Å². The fraction of sp³-hybridized carbons (Fsp3) is 0.179. The number of carbonyl (C=O) groups excluding carboxylic acids is 1. The van der Waals surface area contributed by atoms with Gasteiger partial charge >= 0.3 is 0 Å². The number of carbonyl (C=O) groups is 1. The summed E-state index contributed by atoms with van der Waals surface area (Å²) in [5.74, 6) is -1.20. The molecule has 0 unspecified atom stereocenters. The van der Waals surface area contributed by atoms with E-state index in [0.29, 0.717) is 44.5 Å². The molecule has 0 spiro atoms. The van der Waals surface area contributed by atoms with Crippen molar-refractivity contribution in [3.05, 3.63) is 89.2 Å². The molecule has 0 saturated carbocycles. The van der Waals surface area contributed by atoms with E-state index >= 15 is 0 Å². The number of hydrogen-bond donors (Lipinski definition) is 2. The highest BCUT2D eigenvalue weighted by Gasteiger charge is 2.17. The summed E-state index contributed by atoms with van der Waals surface area (Å²) in [5, 5.41) is 6.60. The fourth-order valence-electron chi connectivity index (χ4n) is 3.65. The second kappa shape index (κ2) is 12.5. The zero-order chi connectivity index (χ0) is 27.9. The minimum atomic E-state index is -0.924. The number of anilines is 3. The zero-order valence-corrected chi connectivity index (χ0v) is 22.2. The maximum Gasteiger partial charge on any atom is 0.284 e. The third kappa shape index (κ3) is 6.98. The molecule has 11 heteroatoms. The number of para-hydroxylation sites is 1. The summed E-state index contributed by atoms with van der Waals surface area (Å²) >= 11 is 6.43. The number of rotatable bonds is 10. The molecule has 0 fully saturated rings. The van der Waals surface area contributed by atoms with Crippen molar-refractivity contribution in [2.24, 2.45) is 0 Å². The Morgan fingerprint density at radius 2 is 1.90 bits per heavy atom. The molecule has 0 radical (unpaired) electrons. The number of ether oxygens (including phenoxy) is 2. The quantitative estimate of drug-likeness (QED) is 0.229. The van der Waals surface area contributed by atoms with Crippen molar-refractivity contribution >= 4 is 45.6 Å². The van der Waals surface area contributed by atoms with Crippen molar-refractivity contribution in [2.75, 3.05) is 38.4 Å². The third-order valence-corrected chi connectivity index (χ3v) is 5.85. The molecule has 3 aromatic carbocycles. The molecule has 1 amide bonds. The molecule has 4 rings (SSSR count). The normalized spacial score (nSPS) is 11.5. The van der Waals surface area contributed by atoms with Crippen LogP contribution in [0.1, 0.15) is 5.56 Å². The number of fused-ring (bicyclic) bond motifs is 1. The van der Waals surface area contributed by atoms with E-state index in [0.717, 1.165) is 0 Å². The van der Waals surface area contributed by atoms with Crippen molar-refractivity contribution in [3.63, 3.8) is 0 Å². The smallest absolute Gasteiger partial charge is 0.284 e. The molecule has 1 heterocycles. The lowest BCUT2D eigenvalue weighted by molar-refractivity contribution is -0.114. The lowest BCUT2D eigenvalue weighted by Crippen LogP contribution is -2.16. The standard InChI is InChI=1S/C28H26ClF2N5O3/c1-36(2)11-10-21(31)28(37)35-24-13-19-23(14-25(24)38-3)32-16-33-27(19)34-22-9-5-8-20(29)26(22)39-15-17-6-4-7-18(30)12-17/h4-10,12-14,16H,11,15H2,1-3H3,(H,35,37)(H,32,33,34). The van der Waals surface area contributed by atoms with Gasteiger partial charge in [0, 0.05) is 18.0 Å². The first-order valence-corrected chi connectivity index (χ1v) is 12.2. The van der Waals surface area contributed by atoms with Gasteiger partial charge in [-0.05, 0) is 56.1 Å². The highest BCUT2D eigenvalue weighted by atomic mass is 35.5. The fourth-order valence-corrected chi connectivity index (χ4v) is 3.88. The first kappa shape index (κ1) is 27.7. The summed E-state index contributed by atoms with van der Waals surface area (Å²) in [6.07, 6.45) is 2.55. The molecule has 1 aromatic heterocycles. The van der Waals surface area contributed by atoms with E-state index in [2.05, 4.69) is 20.6 Å². The van der Waals surface area contributed by atoms with Crippen LogP contribution in [0.15, 0.2) is 72.8 Å². The van der Waals surface area contributed by atoms with Gasteiger partial charge in [-0.15, -0.1) is 0 Å². The summed E-state index contributed by atoms with van der Waals surface area (Å²) in [5.41, 5.74) is 1.87. The summed E-state index contributed by atoms with van der Waals surface area (Å²) < 4.78 is 39.3. The second-order valence-electron chi connectivity index (χ2n) is 8.72. The Labute approximate surface area is 229 Å². The number of amides is 1. The van der Waals surface area contributed by atoms with Gasteiger partial charge in [-0.2, -0.15) is 0 Å². The number of methoxy groups -OCH3 is 1. The molecule has 8 nitrogen and oxygen atoms in total. The van der Waals surface area contributed by atoms with Crippen LogP contribution in [0.4, 0.5) is 26.0 Å². The maximum atomic E-state index is 14.4. The van der Waals surface area contributed by atoms with Crippen molar-refractivity contribution in [1.29, 1.82) is 0 Å². The maximum absolute atomic E-state index is 14.4. The van der Waals surface area contributed by atoms with Crippen LogP contribution in [0.25, 0.3) is 10.9 Å². The van der Waals surface area contributed by atoms with Crippen LogP contribution in [0, 0.1) is 5.82 Å². The van der Waals surface area contributed by atoms with E-state index in [4.69, 9.17) is 21.1 Å². The van der Waals surface area contributed by atoms with Crippen LogP contribution < -0.4 is 20.1 Å². The minimum Gasteiger partial charge on any atom is -0.494 e. The first-order valence-electron chi connectivity index (χ1n) is 11.8. The molecule has 39 heavy (non-hydrogen) atoms. The molecule has 0 atom stereocenters. The lowest BCUT2D eigenvalue weighted by atomic mass is 10.1. The summed E-state index contributed by atoms with van der Waals surface area (Å²) in [4.78, 5) is 22.8. The number of benzene rings is 3. The highest BCUT2D eigenvalue weighted by molar-refractivity contribution is 6.32. The largest absolute Gasteiger partial charge is 0.494 e. The van der Waals surface area contributed by atoms with E-state index in [9.17, 15) is 13.6 Å². The summed E-state index contributed by atoms with van der Waals surface area (Å²) in [6, 6.07) is 14.4. The second-order valence-corrected chi connectivity index (χ2v) is 9.13. The van der Waals surface area contributed by atoms with Crippen LogP contribution >= 0.6 is 11.6 Å². The molecule has 0 saturated heterocycles. The van der Waals surface area contributed by atoms with Gasteiger partial charge in [0.15, 0.2) is 11.6 Å². The molecule has 0 aliphatic carbocycles. The van der Waals surface area contributed by atoms with Gasteiger partial charge < -0.3 is 25.0 Å². The summed E-state index contributed by atoms with van der Waals surface area (Å²) in [6.45, 7) is 0.347. The highest BCUT2D eigenvalue weighted by Crippen LogP contribution is 2.38. The van der Waals surface area contributed by atoms with Crippen LogP contribution in [-0.2, 0) is 11.4 Å². The van der Waals surface area contributed by atoms with Crippen LogP contribution in [-0.4, -0.2) is 48.5 Å². The minimum absolute atomic E-state index is 0.0843. The monoisotopic (exact) mass is 553 g/mol. The lowest BCUT2D eigenvalue weighted by Gasteiger charge is -2.16. The van der Waals surface area contributed by atoms with Gasteiger partial charge in [-0.25, -0.2) is 18.7 Å². The number of hydrogen-bond acceptors (Lipinski definition) is 7. The SMILES string of the molecule is COc1cc2ncnc(Nc3cccc(Cl)c3OCc3cccc(F)c3)c2cc1NC(=O)C(F)=CCN(C)C. The van der Waals surface area contributed by atoms with Crippen LogP contribution in [0.5, 0.6) is 11.5 Å². The number of nitrogens with one attached hydrogen (secondary N) is 2. The first-order chi connectivity index (χ1) is 18.7. The van der Waals surface area contributed by atoms with Crippen molar-refractivity contribution in [3.8, 4) is 11.5 Å². The Morgan fingerprint density at radius 1 is 1.10 bits per heavy atom. The molecule has 202 valence electrons. The van der Waals surface area contributed by atoms with Crippen LogP contribution in [0.3, 0.4) is 0 Å². The molecular formula is C28H26ClF2N5O3. The topological polar surface area (TPSA) is 88.6 Å². The Kier molecular flexibility index (Phi) is 8.90. The van der Waals surface area contributed by atoms with Gasteiger partial charge in [0.1, 0.15) is 30.3 Å². The average Bonchev–Trinajstić information content (AvgIpc) is 2.91. The van der Waals surface area contributed by atoms with Crippen LogP contribution in [0.2, 0.25) is 5.02 Å². The molecule has 0 bridgehead atoms. The molecule has 4 aromatic rings. The van der Waals surface area contributed by atoms with Gasteiger partial charge in [0.25, 0.3) is 5.91 Å². The van der Waals surface area contributed by atoms with E-state index in [1.165, 1.54) is 31.6 Å². The molecule has 0 aliphatic heterocycles. The van der Waals surface area contributed by atoms with E-state index < -0.39 is 11.7 Å². The molecular weight excluding hydrogens is 528 g/mol. The predicted octanol–water partition coefficient (Wildman–Crippen LogP) is 6.11. The van der Waals surface area contributed by atoms with Crippen molar-refractivity contribution in [1.82, 2.24) is 14.9 Å². The van der Waals surface area contributed by atoms with Gasteiger partial charge in [0.2, 0.25) is 0 Å². The zero-order valence-electron chi connectivity index (χ0n) is 21.5. The average molecular weight is 554 g/mol. The van der Waals surface area contributed by atoms with Gasteiger partial charge in [0.05, 0.1) is 29.0 Å². The Bertz CT molecular complexity index is 1530. The Hall–Kier alpha value is -4.28. The Balaban J connectivity index is 1.65. The molecule has 2 N–H and O–H groups in total. The number of halogens is 3. The molecule has 0 aliphatic rings. The van der Waals surface area contributed by atoms with Crippen molar-refractivity contribution < 1.29 is 23.0 Å². The predicted molar refractivity (Wildman–Crippen MR) is 148 cm³/mol. The summed E-state index contributed by atoms with van der Waals surface area (Å²) in [7, 11) is 4.96. The number of nitrogens with zero attached hydrogens (tertiary/aromatic N) is 3. The number of aromatic nitrogens is 2. The van der Waals surface area contributed by atoms with Crippen molar-refractivity contribution in [2.45, 2.75) is 6.61 Å². The third-order valence-electron chi connectivity index (χ3n) is 5.55. The van der Waals surface area contributed by atoms with Gasteiger partial charge in [-0.1, -0.05) is 29.8 Å². The van der Waals surface area contributed by atoms with E-state index in [-0.39, 0.29) is 24.7 Å². The van der Waals surface area contributed by atoms with E-state index in [1.54, 1.807) is 61.5 Å². The number of likely N-dealkylation sites (N-methyl/N-ethyl adjacent to an activating group) is 1. The Morgan fingerprint density at radius 3 is 2.64 bits per heavy atom.